The van der Waals surface area contributed by atoms with E-state index in [1.807, 2.05) is 12.1 Å². The topological polar surface area (TPSA) is 203 Å². The van der Waals surface area contributed by atoms with Crippen LogP contribution >= 0.6 is 24.0 Å². The number of nitrogens with zero attached hydrogens (tertiary/aromatic N) is 3. The summed E-state index contributed by atoms with van der Waals surface area (Å²) >= 11 is 5.82. The quantitative estimate of drug-likeness (QED) is 0.170. The number of amides is 2. The molecule has 32 heavy (non-hydrogen) atoms. The van der Waals surface area contributed by atoms with Crippen LogP contribution in [-0.4, -0.2) is 52.3 Å². The van der Waals surface area contributed by atoms with Gasteiger partial charge in [0, 0.05) is 25.2 Å². The van der Waals surface area contributed by atoms with Gasteiger partial charge in [0.15, 0.2) is 28.4 Å². The number of guanidine groups is 1. The Labute approximate surface area is 196 Å². The van der Waals surface area contributed by atoms with Gasteiger partial charge in [-0.3, -0.25) is 19.9 Å². The van der Waals surface area contributed by atoms with Crippen molar-refractivity contribution < 1.29 is 9.59 Å². The molecule has 1 aromatic carbocycles. The fourth-order valence-corrected chi connectivity index (χ4v) is 2.89. The van der Waals surface area contributed by atoms with E-state index in [0.29, 0.717) is 25.1 Å². The molecule has 2 aromatic rings. The summed E-state index contributed by atoms with van der Waals surface area (Å²) in [5, 5.41) is 10.3. The van der Waals surface area contributed by atoms with Crippen LogP contribution in [0.1, 0.15) is 39.3 Å². The van der Waals surface area contributed by atoms with Gasteiger partial charge in [0.1, 0.15) is 0 Å². The number of anilines is 2. The summed E-state index contributed by atoms with van der Waals surface area (Å²) in [7, 11) is 0. The SMILES string of the molecule is Cl.N=C(N)N(CCCCc1ccc(C(=O)NCCN)cc1)C(=O)c1nc(Cl)c(N)nc1N. The van der Waals surface area contributed by atoms with E-state index in [1.165, 1.54) is 0 Å². The van der Waals surface area contributed by atoms with Gasteiger partial charge >= 0.3 is 0 Å². The fourth-order valence-electron chi connectivity index (χ4n) is 2.77. The standard InChI is InChI=1S/C19H26ClN9O2.ClH/c20-14-16(23)28-15(22)13(27-14)18(31)29(19(24)25)10-2-1-3-11-4-6-12(7-5-11)17(30)26-9-8-21;/h4-7H,1-3,8-10,21H2,(H3,24,25)(H,26,30)(H4,22,23,28);1H. The van der Waals surface area contributed by atoms with E-state index >= 15 is 0 Å². The van der Waals surface area contributed by atoms with E-state index in [9.17, 15) is 9.59 Å². The van der Waals surface area contributed by atoms with Crippen LogP contribution in [0.3, 0.4) is 0 Å². The highest BCUT2D eigenvalue weighted by Crippen LogP contribution is 2.19. The van der Waals surface area contributed by atoms with Gasteiger partial charge in [-0.1, -0.05) is 23.7 Å². The summed E-state index contributed by atoms with van der Waals surface area (Å²) in [4.78, 5) is 33.3. The molecule has 0 unspecified atom stereocenters. The predicted molar refractivity (Wildman–Crippen MR) is 127 cm³/mol. The first-order chi connectivity index (χ1) is 14.7. The number of nitrogens with two attached hydrogens (primary N) is 4. The lowest BCUT2D eigenvalue weighted by Crippen LogP contribution is -2.42. The zero-order chi connectivity index (χ0) is 23.0. The number of benzene rings is 1. The van der Waals surface area contributed by atoms with Crippen LogP contribution in [0, 0.1) is 5.41 Å². The molecule has 0 aliphatic rings. The lowest BCUT2D eigenvalue weighted by molar-refractivity contribution is 0.0838. The van der Waals surface area contributed by atoms with Crippen LogP contribution in [0.15, 0.2) is 24.3 Å². The molecule has 0 radical (unpaired) electrons. The summed E-state index contributed by atoms with van der Waals surface area (Å²) in [5.41, 5.74) is 23.6. The third-order valence-corrected chi connectivity index (χ3v) is 4.66. The summed E-state index contributed by atoms with van der Waals surface area (Å²) in [6.07, 6.45) is 2.01. The number of nitrogens with one attached hydrogen (secondary N) is 2. The first kappa shape index (κ1) is 26.9. The summed E-state index contributed by atoms with van der Waals surface area (Å²) in [6.45, 7) is 0.997. The van der Waals surface area contributed by atoms with E-state index < -0.39 is 11.9 Å². The lowest BCUT2D eigenvalue weighted by atomic mass is 10.1. The second-order valence-corrected chi connectivity index (χ2v) is 7.03. The van der Waals surface area contributed by atoms with Crippen molar-refractivity contribution >= 4 is 53.4 Å². The Hall–Kier alpha value is -3.15. The van der Waals surface area contributed by atoms with Gasteiger partial charge in [-0.25, -0.2) is 9.97 Å². The van der Waals surface area contributed by atoms with Crippen LogP contribution in [0.25, 0.3) is 0 Å². The normalized spacial score (nSPS) is 10.2. The van der Waals surface area contributed by atoms with Gasteiger partial charge in [0.2, 0.25) is 0 Å². The molecular formula is C19H27Cl2N9O2. The number of halogens is 2. The molecule has 11 nitrogen and oxygen atoms in total. The third kappa shape index (κ3) is 7.22. The Bertz CT molecular complexity index is 955. The minimum Gasteiger partial charge on any atom is -0.382 e. The maximum Gasteiger partial charge on any atom is 0.283 e. The number of nitrogen functional groups attached to an aromatic ring is 2. The van der Waals surface area contributed by atoms with Crippen molar-refractivity contribution in [1.29, 1.82) is 5.41 Å². The maximum atomic E-state index is 12.7. The first-order valence-corrected chi connectivity index (χ1v) is 9.94. The monoisotopic (exact) mass is 483 g/mol. The van der Waals surface area contributed by atoms with Crippen molar-refractivity contribution in [3.63, 3.8) is 0 Å². The Kier molecular flexibility index (Phi) is 10.6. The molecule has 0 atom stereocenters. The number of carbonyl (C=O) groups excluding carboxylic acids is 2. The van der Waals surface area contributed by atoms with E-state index in [4.69, 9.17) is 39.9 Å². The second-order valence-electron chi connectivity index (χ2n) is 6.67. The largest absolute Gasteiger partial charge is 0.382 e. The number of unbranched alkanes of at least 4 members (excludes halogenated alkanes) is 1. The highest BCUT2D eigenvalue weighted by Gasteiger charge is 2.23. The smallest absolute Gasteiger partial charge is 0.283 e. The Balaban J connectivity index is 0.00000512. The van der Waals surface area contributed by atoms with Crippen molar-refractivity contribution in [2.45, 2.75) is 19.3 Å². The highest BCUT2D eigenvalue weighted by molar-refractivity contribution is 6.31. The first-order valence-electron chi connectivity index (χ1n) is 9.56. The van der Waals surface area contributed by atoms with Crippen molar-refractivity contribution in [3.05, 3.63) is 46.2 Å². The number of aryl methyl sites for hydroxylation is 1. The van der Waals surface area contributed by atoms with Crippen LogP contribution < -0.4 is 28.3 Å². The van der Waals surface area contributed by atoms with E-state index in [-0.39, 0.29) is 47.3 Å². The van der Waals surface area contributed by atoms with Gasteiger partial charge in [-0.15, -0.1) is 12.4 Å². The zero-order valence-corrected chi connectivity index (χ0v) is 18.9. The number of hydrogen-bond donors (Lipinski definition) is 6. The van der Waals surface area contributed by atoms with Crippen LogP contribution in [0.2, 0.25) is 5.15 Å². The molecular weight excluding hydrogens is 457 g/mol. The van der Waals surface area contributed by atoms with Gasteiger partial charge in [0.05, 0.1) is 0 Å². The minimum atomic E-state index is -0.674. The highest BCUT2D eigenvalue weighted by atomic mass is 35.5. The van der Waals surface area contributed by atoms with Gasteiger partial charge in [-0.2, -0.15) is 0 Å². The van der Waals surface area contributed by atoms with E-state index in [2.05, 4.69) is 15.3 Å². The van der Waals surface area contributed by atoms with Gasteiger partial charge in [-0.05, 0) is 37.0 Å². The Morgan fingerprint density at radius 1 is 1.09 bits per heavy atom. The second kappa shape index (κ2) is 12.6. The zero-order valence-electron chi connectivity index (χ0n) is 17.3. The molecule has 0 aliphatic carbocycles. The molecule has 0 fully saturated rings. The molecule has 0 bridgehead atoms. The van der Waals surface area contributed by atoms with Crippen molar-refractivity contribution in [1.82, 2.24) is 20.2 Å². The fraction of sp³-hybridized carbons (Fsp3) is 0.316. The molecule has 2 rings (SSSR count). The molecule has 0 saturated heterocycles. The molecule has 1 aromatic heterocycles. The minimum absolute atomic E-state index is 0. The summed E-state index contributed by atoms with van der Waals surface area (Å²) in [5.74, 6) is -1.56. The average Bonchev–Trinajstić information content (AvgIpc) is 2.74. The summed E-state index contributed by atoms with van der Waals surface area (Å²) in [6, 6.07) is 7.24. The van der Waals surface area contributed by atoms with Crippen LogP contribution in [-0.2, 0) is 6.42 Å². The van der Waals surface area contributed by atoms with Crippen molar-refractivity contribution in [2.24, 2.45) is 11.5 Å². The van der Waals surface area contributed by atoms with Crippen molar-refractivity contribution in [2.75, 3.05) is 31.1 Å². The number of rotatable bonds is 9. The molecule has 174 valence electrons. The van der Waals surface area contributed by atoms with Gasteiger partial charge < -0.3 is 28.3 Å². The summed E-state index contributed by atoms with van der Waals surface area (Å²) < 4.78 is 0. The molecule has 0 saturated carbocycles. The van der Waals surface area contributed by atoms with Crippen LogP contribution in [0.4, 0.5) is 11.6 Å². The molecule has 0 aliphatic heterocycles. The third-order valence-electron chi connectivity index (χ3n) is 4.39. The van der Waals surface area contributed by atoms with E-state index in [0.717, 1.165) is 23.3 Å². The average molecular weight is 484 g/mol. The number of carbonyl (C=O) groups is 2. The van der Waals surface area contributed by atoms with Gasteiger partial charge in [0.25, 0.3) is 11.8 Å². The molecule has 0 spiro atoms. The Morgan fingerprint density at radius 3 is 2.34 bits per heavy atom. The predicted octanol–water partition coefficient (Wildman–Crippen LogP) is 0.763. The van der Waals surface area contributed by atoms with Crippen LogP contribution in [0.5, 0.6) is 0 Å². The van der Waals surface area contributed by atoms with Crippen molar-refractivity contribution in [3.8, 4) is 0 Å². The lowest BCUT2D eigenvalue weighted by Gasteiger charge is -2.20. The molecule has 10 N–H and O–H groups in total. The molecule has 2 amide bonds. The number of hydrogen-bond acceptors (Lipinski definition) is 8. The molecule has 13 heteroatoms. The van der Waals surface area contributed by atoms with E-state index in [1.54, 1.807) is 12.1 Å². The Morgan fingerprint density at radius 2 is 1.75 bits per heavy atom. The molecule has 1 heterocycles. The maximum absolute atomic E-state index is 12.7. The number of aromatic nitrogens is 2.